The van der Waals surface area contributed by atoms with Gasteiger partial charge in [-0.2, -0.15) is 4.98 Å². The van der Waals surface area contributed by atoms with Crippen molar-refractivity contribution in [3.63, 3.8) is 0 Å². The van der Waals surface area contributed by atoms with Gasteiger partial charge in [0.2, 0.25) is 11.5 Å². The summed E-state index contributed by atoms with van der Waals surface area (Å²) in [5.74, 6) is -0.395. The first kappa shape index (κ1) is 38.6. The maximum atomic E-state index is 12.7. The second-order valence-corrected chi connectivity index (χ2v) is 17.7. The van der Waals surface area contributed by atoms with E-state index in [1.165, 1.54) is 4.57 Å². The molecule has 30 heteroatoms. The minimum atomic E-state index is -5.41. The average molecular weight is 817 g/mol. The Balaban J connectivity index is 1.04. The van der Waals surface area contributed by atoms with Crippen LogP contribution in [-0.4, -0.2) is 122 Å². The fourth-order valence-corrected chi connectivity index (χ4v) is 10.7. The van der Waals surface area contributed by atoms with Gasteiger partial charge in [-0.25, -0.2) is 27.3 Å². The van der Waals surface area contributed by atoms with Crippen LogP contribution in [0.2, 0.25) is 0 Å². The first-order valence-electron chi connectivity index (χ1n) is 14.8. The van der Waals surface area contributed by atoms with Crippen LogP contribution in [-0.2, 0) is 55.1 Å². The largest absolute Gasteiger partial charge is 0.479 e. The maximum absolute atomic E-state index is 12.7. The van der Waals surface area contributed by atoms with Crippen molar-refractivity contribution in [3.05, 3.63) is 33.4 Å². The zero-order valence-electron chi connectivity index (χ0n) is 26.8. The number of aliphatic hydroxyl groups is 2. The average Bonchev–Trinajstić information content (AvgIpc) is 3.67. The highest BCUT2D eigenvalue weighted by atomic mass is 32.5. The third-order valence-electron chi connectivity index (χ3n) is 7.73. The number of aromatic nitrogens is 8. The van der Waals surface area contributed by atoms with Gasteiger partial charge in [-0.1, -0.05) is 4.98 Å². The number of hydrogen-bond donors (Lipinski definition) is 9. The molecule has 5 unspecified atom stereocenters. The SMILES string of the molecule is CN1CC(COP(=O)(O)OP(O)(=S)OP(=O)(O)OC[C@H]2O[C@@H](n3cnc4c(=O)[nH]c(N)nc43)[C@H](O)[C@@H]2O)OC([n+]2cn(C)c3c(=O)[nH]c(N)nc32)C1. The molecule has 6 rings (SSSR count). The summed E-state index contributed by atoms with van der Waals surface area (Å²) >= 11 is 4.64. The number of anilines is 2. The summed E-state index contributed by atoms with van der Waals surface area (Å²) in [7, 11) is -7.36. The number of H-pyrrole nitrogens is 2. The van der Waals surface area contributed by atoms with Gasteiger partial charge in [0.05, 0.1) is 39.2 Å². The van der Waals surface area contributed by atoms with Crippen LogP contribution in [0.25, 0.3) is 22.3 Å². The normalized spacial score (nSPS) is 27.8. The number of hydrogen-bond acceptors (Lipinski definition) is 19. The molecular weight excluding hydrogens is 783 g/mol. The highest BCUT2D eigenvalue weighted by Gasteiger charge is 2.47. The molecule has 6 heterocycles. The van der Waals surface area contributed by atoms with Crippen molar-refractivity contribution in [3.8, 4) is 0 Å². The second-order valence-electron chi connectivity index (χ2n) is 11.7. The van der Waals surface area contributed by atoms with Crippen molar-refractivity contribution in [1.29, 1.82) is 0 Å². The van der Waals surface area contributed by atoms with Crippen LogP contribution in [0.3, 0.4) is 0 Å². The molecule has 4 aromatic heterocycles. The summed E-state index contributed by atoms with van der Waals surface area (Å²) in [6.07, 6.45) is -5.38. The number of morpholine rings is 1. The Hall–Kier alpha value is -3.07. The third kappa shape index (κ3) is 8.19. The topological polar surface area (TPSA) is 364 Å². The quantitative estimate of drug-likeness (QED) is 0.0501. The van der Waals surface area contributed by atoms with Crippen molar-refractivity contribution in [1.82, 2.24) is 39.0 Å². The number of nitrogen functional groups attached to an aromatic ring is 2. The Morgan fingerprint density at radius 3 is 2.31 bits per heavy atom. The second kappa shape index (κ2) is 14.3. The first-order chi connectivity index (χ1) is 24.2. The highest BCUT2D eigenvalue weighted by molar-refractivity contribution is 8.09. The molecule has 4 aromatic rings. The Morgan fingerprint density at radius 2 is 1.62 bits per heavy atom. The molecule has 0 spiro atoms. The Bertz CT molecular complexity index is 2270. The van der Waals surface area contributed by atoms with Gasteiger partial charge in [-0.3, -0.25) is 42.6 Å². The molecule has 11 N–H and O–H groups in total. The van der Waals surface area contributed by atoms with Crippen LogP contribution in [0.15, 0.2) is 22.2 Å². The fraction of sp³-hybridized carbons (Fsp3) is 0.545. The van der Waals surface area contributed by atoms with E-state index in [0.717, 1.165) is 10.9 Å². The zero-order valence-corrected chi connectivity index (χ0v) is 30.3. The molecule has 9 atom stereocenters. The van der Waals surface area contributed by atoms with Crippen LogP contribution >= 0.6 is 22.4 Å². The smallest absolute Gasteiger partial charge is 0.387 e. The molecule has 2 aliphatic heterocycles. The number of aromatic amines is 2. The van der Waals surface area contributed by atoms with E-state index in [1.807, 2.05) is 0 Å². The molecule has 2 fully saturated rings. The number of aliphatic hydroxyl groups excluding tert-OH is 2. The highest BCUT2D eigenvalue weighted by Crippen LogP contribution is 2.68. The number of likely N-dealkylation sites (N-methyl/N-ethyl adjacent to an activating group) is 1. The lowest BCUT2D eigenvalue weighted by molar-refractivity contribution is -0.747. The predicted octanol–water partition coefficient (Wildman–Crippen LogP) is -3.22. The molecule has 2 aliphatic rings. The molecule has 26 nitrogen and oxygen atoms in total. The number of phosphoric ester groups is 2. The number of nitrogens with two attached hydrogens (primary N) is 2. The molecule has 0 aromatic carbocycles. The molecule has 0 aliphatic carbocycles. The van der Waals surface area contributed by atoms with Gasteiger partial charge in [0.15, 0.2) is 29.9 Å². The minimum absolute atomic E-state index is 0.102. The van der Waals surface area contributed by atoms with Gasteiger partial charge in [0.25, 0.3) is 17.1 Å². The van der Waals surface area contributed by atoms with E-state index in [0.29, 0.717) is 6.54 Å². The van der Waals surface area contributed by atoms with Gasteiger partial charge < -0.3 is 45.8 Å². The van der Waals surface area contributed by atoms with Crippen molar-refractivity contribution < 1.29 is 65.7 Å². The number of nitrogens with one attached hydrogen (secondary N) is 2. The van der Waals surface area contributed by atoms with Crippen molar-refractivity contribution in [2.75, 3.05) is 44.8 Å². The third-order valence-corrected chi connectivity index (χ3v) is 13.2. The molecule has 0 radical (unpaired) electrons. The summed E-state index contributed by atoms with van der Waals surface area (Å²) in [5.41, 5.74) is 10.3. The fourth-order valence-electron chi connectivity index (χ4n) is 5.62. The van der Waals surface area contributed by atoms with E-state index in [9.17, 15) is 43.6 Å². The van der Waals surface area contributed by atoms with Crippen LogP contribution in [0.1, 0.15) is 12.5 Å². The molecule has 0 bridgehead atoms. The molecule has 2 saturated heterocycles. The monoisotopic (exact) mass is 816 g/mol. The standard InChI is InChI=1S/C22H32N11O15P3S/c1-30-3-9(45-11(4-30)33-8-31(2)13-17(33)27-22(24)29-19(13)37)5-43-49(38,39)47-51(42,52)48-50(40,41)44-6-10-14(34)15(35)20(46-10)32-7-25-12-16(32)26-21(23)28-18(12)36/h7-11,14-15,20,34-35H,3-6H2,1-2H3,(H8-,23,24,26,27,28,29,36,37,38,39,40,41,42,52)/p+1/t9?,10-,11?,14-,15-,20-,51?/m1/s1. The van der Waals surface area contributed by atoms with Gasteiger partial charge in [0, 0.05) is 6.54 Å². The summed E-state index contributed by atoms with van der Waals surface area (Å²) in [6.45, 7) is -6.13. The number of phosphoric acid groups is 2. The lowest BCUT2D eigenvalue weighted by atomic mass is 10.1. The van der Waals surface area contributed by atoms with Crippen molar-refractivity contribution in [2.24, 2.45) is 7.05 Å². The van der Waals surface area contributed by atoms with Gasteiger partial charge >= 0.3 is 28.0 Å². The number of nitrogens with zero attached hydrogens (tertiary/aromatic N) is 7. The van der Waals surface area contributed by atoms with Crippen LogP contribution < -0.4 is 27.2 Å². The van der Waals surface area contributed by atoms with Crippen molar-refractivity contribution in [2.45, 2.75) is 36.9 Å². The lowest BCUT2D eigenvalue weighted by Crippen LogP contribution is -2.54. The minimum Gasteiger partial charge on any atom is -0.387 e. The number of ether oxygens (including phenoxy) is 2. The summed E-state index contributed by atoms with van der Waals surface area (Å²) < 4.78 is 59.8. The Morgan fingerprint density at radius 1 is 0.981 bits per heavy atom. The van der Waals surface area contributed by atoms with Gasteiger partial charge in [-0.15, -0.1) is 0 Å². The van der Waals surface area contributed by atoms with E-state index in [2.05, 4.69) is 45.3 Å². The lowest BCUT2D eigenvalue weighted by Gasteiger charge is -2.34. The van der Waals surface area contributed by atoms with Gasteiger partial charge in [0.1, 0.15) is 18.3 Å². The van der Waals surface area contributed by atoms with Crippen molar-refractivity contribution >= 4 is 68.4 Å². The molecule has 52 heavy (non-hydrogen) atoms. The Labute approximate surface area is 294 Å². The zero-order chi connectivity index (χ0) is 37.9. The number of imidazole rings is 2. The van der Waals surface area contributed by atoms with E-state index in [4.69, 9.17) is 30.0 Å². The predicted molar refractivity (Wildman–Crippen MR) is 176 cm³/mol. The number of fused-ring (bicyclic) bond motifs is 2. The summed E-state index contributed by atoms with van der Waals surface area (Å²) in [6, 6.07) is 0. The van der Waals surface area contributed by atoms with E-state index in [1.54, 1.807) is 29.9 Å². The summed E-state index contributed by atoms with van der Waals surface area (Å²) in [4.78, 5) is 73.8. The Kier molecular flexibility index (Phi) is 10.6. The van der Waals surface area contributed by atoms with E-state index >= 15 is 0 Å². The van der Waals surface area contributed by atoms with E-state index < -0.39 is 83.6 Å². The molecule has 0 amide bonds. The van der Waals surface area contributed by atoms with Crippen LogP contribution in [0.5, 0.6) is 0 Å². The maximum Gasteiger partial charge on any atom is 0.479 e. The first-order valence-corrected chi connectivity index (χ1v) is 20.3. The molecule has 0 saturated carbocycles. The molecular formula is C22H33N11O15P3S+. The summed E-state index contributed by atoms with van der Waals surface area (Å²) in [5, 5.41) is 21.1. The van der Waals surface area contributed by atoms with Crippen LogP contribution in [0.4, 0.5) is 11.9 Å². The van der Waals surface area contributed by atoms with Gasteiger partial charge in [-0.05, 0) is 18.9 Å². The number of rotatable bonds is 12. The van der Waals surface area contributed by atoms with Crippen LogP contribution in [0, 0.1) is 0 Å². The van der Waals surface area contributed by atoms with E-state index in [-0.39, 0.29) is 40.8 Å². The number of aryl methyl sites for hydroxylation is 1. The molecule has 286 valence electrons.